The smallest absolute Gasteiger partial charge is 0.244 e. The second-order valence-electron chi connectivity index (χ2n) is 8.37. The van der Waals surface area contributed by atoms with E-state index in [0.717, 1.165) is 22.4 Å². The average Bonchev–Trinajstić information content (AvgIpc) is 3.24. The molecule has 32 heavy (non-hydrogen) atoms. The lowest BCUT2D eigenvalue weighted by atomic mass is 9.82. The van der Waals surface area contributed by atoms with E-state index in [9.17, 15) is 5.26 Å². The number of nitriles is 1. The van der Waals surface area contributed by atoms with E-state index in [-0.39, 0.29) is 5.88 Å². The highest BCUT2D eigenvalue weighted by Crippen LogP contribution is 2.46. The first kappa shape index (κ1) is 20.9. The van der Waals surface area contributed by atoms with Crippen LogP contribution in [0.2, 0.25) is 10.0 Å². The Bertz CT molecular complexity index is 1230. The molecule has 0 spiro atoms. The van der Waals surface area contributed by atoms with Gasteiger partial charge in [0.25, 0.3) is 0 Å². The third-order valence-electron chi connectivity index (χ3n) is 6.49. The summed E-state index contributed by atoms with van der Waals surface area (Å²) in [5, 5.41) is 18.2. The lowest BCUT2D eigenvalue weighted by Gasteiger charge is -2.24. The first-order chi connectivity index (χ1) is 15.6. The SMILES string of the molecule is N#CC1=C(N)Oc2n[nH]c(-c3ccc(C4CCCCC4)cc3)c2[C@H]1c1ccc(Cl)c(Cl)c1. The van der Waals surface area contributed by atoms with Crippen LogP contribution in [0, 0.1) is 11.3 Å². The molecule has 5 rings (SSSR count). The number of allylic oxidation sites excluding steroid dienone is 1. The molecule has 2 aromatic carbocycles. The van der Waals surface area contributed by atoms with Crippen molar-refractivity contribution in [3.8, 4) is 23.2 Å². The molecule has 3 N–H and O–H groups in total. The van der Waals surface area contributed by atoms with Gasteiger partial charge in [-0.15, -0.1) is 5.10 Å². The van der Waals surface area contributed by atoms with Crippen LogP contribution in [0.25, 0.3) is 11.3 Å². The van der Waals surface area contributed by atoms with Gasteiger partial charge in [-0.25, -0.2) is 0 Å². The Labute approximate surface area is 196 Å². The van der Waals surface area contributed by atoms with E-state index >= 15 is 0 Å². The summed E-state index contributed by atoms with van der Waals surface area (Å²) < 4.78 is 5.70. The zero-order valence-electron chi connectivity index (χ0n) is 17.4. The fraction of sp³-hybridized carbons (Fsp3) is 0.280. The number of hydrogen-bond donors (Lipinski definition) is 2. The summed E-state index contributed by atoms with van der Waals surface area (Å²) in [6.45, 7) is 0. The van der Waals surface area contributed by atoms with E-state index in [0.29, 0.717) is 27.4 Å². The number of halogens is 2. The van der Waals surface area contributed by atoms with Crippen LogP contribution < -0.4 is 10.5 Å². The maximum Gasteiger partial charge on any atom is 0.244 e. The number of ether oxygens (including phenoxy) is 1. The van der Waals surface area contributed by atoms with Crippen molar-refractivity contribution in [2.45, 2.75) is 43.9 Å². The molecule has 1 aliphatic carbocycles. The number of nitrogens with zero attached hydrogens (tertiary/aromatic N) is 2. The molecule has 2 aliphatic rings. The summed E-state index contributed by atoms with van der Waals surface area (Å²) in [5.41, 5.74) is 11.1. The van der Waals surface area contributed by atoms with Crippen LogP contribution in [-0.4, -0.2) is 10.2 Å². The highest BCUT2D eigenvalue weighted by atomic mass is 35.5. The van der Waals surface area contributed by atoms with Crippen LogP contribution in [0.3, 0.4) is 0 Å². The lowest BCUT2D eigenvalue weighted by molar-refractivity contribution is 0.379. The van der Waals surface area contributed by atoms with Crippen LogP contribution in [0.15, 0.2) is 53.9 Å². The molecule has 1 saturated carbocycles. The molecule has 0 radical (unpaired) electrons. The van der Waals surface area contributed by atoms with Gasteiger partial charge in [-0.2, -0.15) is 5.26 Å². The van der Waals surface area contributed by atoms with Gasteiger partial charge in [0.05, 0.1) is 27.2 Å². The Balaban J connectivity index is 1.58. The van der Waals surface area contributed by atoms with E-state index in [1.165, 1.54) is 37.7 Å². The van der Waals surface area contributed by atoms with Crippen LogP contribution >= 0.6 is 23.2 Å². The number of aromatic amines is 1. The largest absolute Gasteiger partial charge is 0.420 e. The number of H-pyrrole nitrogens is 1. The van der Waals surface area contributed by atoms with Gasteiger partial charge in [0.1, 0.15) is 11.6 Å². The van der Waals surface area contributed by atoms with E-state index in [4.69, 9.17) is 33.7 Å². The van der Waals surface area contributed by atoms with Crippen molar-refractivity contribution in [3.63, 3.8) is 0 Å². The van der Waals surface area contributed by atoms with Crippen LogP contribution in [-0.2, 0) is 0 Å². The molecule has 0 saturated heterocycles. The molecule has 1 atom stereocenters. The van der Waals surface area contributed by atoms with Gasteiger partial charge in [-0.1, -0.05) is 72.8 Å². The second kappa shape index (κ2) is 8.54. The van der Waals surface area contributed by atoms with E-state index in [1.54, 1.807) is 12.1 Å². The summed E-state index contributed by atoms with van der Waals surface area (Å²) in [4.78, 5) is 0. The standard InChI is InChI=1S/C25H22Cl2N4O/c26-19-11-10-17(12-20(19)27)21-18(13-28)24(29)32-25-22(21)23(30-31-25)16-8-6-15(7-9-16)14-4-2-1-3-5-14/h6-12,14,21H,1-5,29H2,(H,30,31)/t21-/m0/s1. The Morgan fingerprint density at radius 2 is 1.72 bits per heavy atom. The van der Waals surface area contributed by atoms with Crippen molar-refractivity contribution in [3.05, 3.63) is 80.7 Å². The van der Waals surface area contributed by atoms with Crippen molar-refractivity contribution in [1.29, 1.82) is 5.26 Å². The van der Waals surface area contributed by atoms with Gasteiger partial charge in [-0.05, 0) is 42.0 Å². The fourth-order valence-electron chi connectivity index (χ4n) is 4.85. The van der Waals surface area contributed by atoms with E-state index < -0.39 is 5.92 Å². The van der Waals surface area contributed by atoms with Crippen molar-refractivity contribution in [2.24, 2.45) is 5.73 Å². The normalized spacial score (nSPS) is 18.7. The predicted molar refractivity (Wildman–Crippen MR) is 126 cm³/mol. The van der Waals surface area contributed by atoms with Gasteiger partial charge in [0, 0.05) is 5.56 Å². The van der Waals surface area contributed by atoms with Crippen molar-refractivity contribution < 1.29 is 4.74 Å². The fourth-order valence-corrected chi connectivity index (χ4v) is 5.15. The summed E-state index contributed by atoms with van der Waals surface area (Å²) in [5.74, 6) is 0.574. The summed E-state index contributed by atoms with van der Waals surface area (Å²) >= 11 is 12.4. The minimum Gasteiger partial charge on any atom is -0.420 e. The molecule has 162 valence electrons. The van der Waals surface area contributed by atoms with Crippen molar-refractivity contribution in [1.82, 2.24) is 10.2 Å². The molecule has 0 amide bonds. The molecular formula is C25H22Cl2N4O. The van der Waals surface area contributed by atoms with Gasteiger partial charge in [-0.3, -0.25) is 5.10 Å². The number of nitrogens with one attached hydrogen (secondary N) is 1. The molecule has 7 heteroatoms. The first-order valence-electron chi connectivity index (χ1n) is 10.8. The lowest BCUT2D eigenvalue weighted by Crippen LogP contribution is -2.21. The predicted octanol–water partition coefficient (Wildman–Crippen LogP) is 6.65. The molecule has 1 aliphatic heterocycles. The zero-order valence-corrected chi connectivity index (χ0v) is 18.9. The zero-order chi connectivity index (χ0) is 22.2. The van der Waals surface area contributed by atoms with Crippen LogP contribution in [0.1, 0.15) is 60.6 Å². The molecule has 5 nitrogen and oxygen atoms in total. The number of benzene rings is 2. The molecular weight excluding hydrogens is 443 g/mol. The average molecular weight is 465 g/mol. The van der Waals surface area contributed by atoms with Crippen molar-refractivity contribution >= 4 is 23.2 Å². The molecule has 0 unspecified atom stereocenters. The maximum absolute atomic E-state index is 9.86. The van der Waals surface area contributed by atoms with Gasteiger partial charge in [0.15, 0.2) is 0 Å². The maximum atomic E-state index is 9.86. The van der Waals surface area contributed by atoms with Crippen LogP contribution in [0.4, 0.5) is 0 Å². The minimum absolute atomic E-state index is 0.0433. The summed E-state index contributed by atoms with van der Waals surface area (Å²) in [6, 6.07) is 16.2. The first-order valence-corrected chi connectivity index (χ1v) is 11.5. The second-order valence-corrected chi connectivity index (χ2v) is 9.19. The number of aromatic nitrogens is 2. The monoisotopic (exact) mass is 464 g/mol. The highest BCUT2D eigenvalue weighted by molar-refractivity contribution is 6.42. The van der Waals surface area contributed by atoms with Crippen LogP contribution in [0.5, 0.6) is 5.88 Å². The Hall–Kier alpha value is -2.94. The molecule has 2 heterocycles. The highest BCUT2D eigenvalue weighted by Gasteiger charge is 2.35. The Morgan fingerprint density at radius 1 is 1.00 bits per heavy atom. The summed E-state index contributed by atoms with van der Waals surface area (Å²) in [6.07, 6.45) is 6.44. The topological polar surface area (TPSA) is 87.7 Å². The number of rotatable bonds is 3. The number of hydrogen-bond acceptors (Lipinski definition) is 4. The molecule has 1 fully saturated rings. The molecule has 1 aromatic heterocycles. The van der Waals surface area contributed by atoms with Crippen molar-refractivity contribution in [2.75, 3.05) is 0 Å². The summed E-state index contributed by atoms with van der Waals surface area (Å²) in [7, 11) is 0. The van der Waals surface area contributed by atoms with E-state index in [2.05, 4.69) is 40.5 Å². The van der Waals surface area contributed by atoms with Gasteiger partial charge in [0.2, 0.25) is 11.8 Å². The third-order valence-corrected chi connectivity index (χ3v) is 7.23. The minimum atomic E-state index is -0.467. The Kier molecular flexibility index (Phi) is 5.58. The van der Waals surface area contributed by atoms with E-state index in [1.807, 2.05) is 6.07 Å². The number of fused-ring (bicyclic) bond motifs is 1. The third kappa shape index (κ3) is 3.64. The Morgan fingerprint density at radius 3 is 2.41 bits per heavy atom. The molecule has 0 bridgehead atoms. The quantitative estimate of drug-likeness (QED) is 0.453. The van der Waals surface area contributed by atoms with Gasteiger partial charge < -0.3 is 10.5 Å². The molecule has 3 aromatic rings. The van der Waals surface area contributed by atoms with Gasteiger partial charge >= 0.3 is 0 Å². The number of nitrogens with two attached hydrogens (primary N) is 1.